The van der Waals surface area contributed by atoms with Crippen molar-refractivity contribution in [3.05, 3.63) is 0 Å². The molecule has 3 heteroatoms. The van der Waals surface area contributed by atoms with Crippen LogP contribution in [0.5, 0.6) is 0 Å². The highest BCUT2D eigenvalue weighted by Gasteiger charge is 2.30. The molecule has 0 radical (unpaired) electrons. The number of carbonyl (C=O) groups excluding carboxylic acids is 1. The summed E-state index contributed by atoms with van der Waals surface area (Å²) in [7, 11) is 1.36. The summed E-state index contributed by atoms with van der Waals surface area (Å²) in [6.45, 7) is 5.91. The average molecular weight is 159 g/mol. The van der Waals surface area contributed by atoms with Crippen LogP contribution in [0.25, 0.3) is 0 Å². The molecule has 0 saturated heterocycles. The second-order valence-electron chi connectivity index (χ2n) is 3.34. The lowest BCUT2D eigenvalue weighted by atomic mass is 9.82. The third kappa shape index (κ3) is 2.50. The lowest BCUT2D eigenvalue weighted by Crippen LogP contribution is -2.44. The summed E-state index contributed by atoms with van der Waals surface area (Å²) < 4.78 is 4.54. The molecule has 0 heterocycles. The van der Waals surface area contributed by atoms with E-state index in [1.165, 1.54) is 7.11 Å². The first-order valence-electron chi connectivity index (χ1n) is 3.79. The van der Waals surface area contributed by atoms with Gasteiger partial charge in [-0.05, 0) is 11.8 Å². The highest BCUT2D eigenvalue weighted by Crippen LogP contribution is 2.23. The standard InChI is InChI=1S/C8H17NO2/c1-5-8(2,3)6(9)7(10)11-4/h6H,5,9H2,1-4H3. The monoisotopic (exact) mass is 159 g/mol. The smallest absolute Gasteiger partial charge is 0.323 e. The summed E-state index contributed by atoms with van der Waals surface area (Å²) in [5.41, 5.74) is 5.47. The predicted octanol–water partition coefficient (Wildman–Crippen LogP) is 0.923. The molecule has 0 aromatic heterocycles. The van der Waals surface area contributed by atoms with E-state index in [9.17, 15) is 4.79 Å². The highest BCUT2D eigenvalue weighted by atomic mass is 16.5. The summed E-state index contributed by atoms with van der Waals surface area (Å²) in [4.78, 5) is 11.0. The van der Waals surface area contributed by atoms with E-state index in [0.717, 1.165) is 6.42 Å². The Balaban J connectivity index is 4.22. The van der Waals surface area contributed by atoms with Gasteiger partial charge in [-0.25, -0.2) is 0 Å². The normalized spacial score (nSPS) is 14.3. The van der Waals surface area contributed by atoms with Crippen molar-refractivity contribution in [1.29, 1.82) is 0 Å². The number of esters is 1. The summed E-state index contributed by atoms with van der Waals surface area (Å²) >= 11 is 0. The van der Waals surface area contributed by atoms with E-state index in [-0.39, 0.29) is 11.4 Å². The van der Waals surface area contributed by atoms with Gasteiger partial charge in [-0.2, -0.15) is 0 Å². The Morgan fingerprint density at radius 3 is 2.36 bits per heavy atom. The van der Waals surface area contributed by atoms with E-state index in [1.54, 1.807) is 0 Å². The van der Waals surface area contributed by atoms with Crippen LogP contribution in [-0.4, -0.2) is 19.1 Å². The maximum Gasteiger partial charge on any atom is 0.323 e. The van der Waals surface area contributed by atoms with Crippen molar-refractivity contribution >= 4 is 5.97 Å². The summed E-state index contributed by atoms with van der Waals surface area (Å²) in [6, 6.07) is -0.516. The molecular weight excluding hydrogens is 142 g/mol. The van der Waals surface area contributed by atoms with Gasteiger partial charge >= 0.3 is 5.97 Å². The molecule has 0 aliphatic heterocycles. The molecule has 3 nitrogen and oxygen atoms in total. The molecule has 0 amide bonds. The van der Waals surface area contributed by atoms with E-state index in [2.05, 4.69) is 4.74 Å². The minimum atomic E-state index is -0.516. The first-order valence-corrected chi connectivity index (χ1v) is 3.79. The number of methoxy groups -OCH3 is 1. The van der Waals surface area contributed by atoms with Gasteiger partial charge in [0.05, 0.1) is 7.11 Å². The van der Waals surface area contributed by atoms with Gasteiger partial charge in [-0.1, -0.05) is 20.8 Å². The van der Waals surface area contributed by atoms with Crippen LogP contribution in [0.3, 0.4) is 0 Å². The van der Waals surface area contributed by atoms with Crippen molar-refractivity contribution in [2.45, 2.75) is 33.2 Å². The number of ether oxygens (including phenoxy) is 1. The van der Waals surface area contributed by atoms with E-state index < -0.39 is 6.04 Å². The fourth-order valence-corrected chi connectivity index (χ4v) is 0.666. The molecule has 0 aliphatic carbocycles. The predicted molar refractivity (Wildman–Crippen MR) is 44.1 cm³/mol. The van der Waals surface area contributed by atoms with E-state index in [4.69, 9.17) is 5.73 Å². The maximum atomic E-state index is 11.0. The lowest BCUT2D eigenvalue weighted by molar-refractivity contribution is -0.145. The van der Waals surface area contributed by atoms with Crippen LogP contribution in [0.2, 0.25) is 0 Å². The summed E-state index contributed by atoms with van der Waals surface area (Å²) in [5.74, 6) is -0.336. The summed E-state index contributed by atoms with van der Waals surface area (Å²) in [6.07, 6.45) is 0.864. The van der Waals surface area contributed by atoms with Crippen molar-refractivity contribution in [2.75, 3.05) is 7.11 Å². The minimum absolute atomic E-state index is 0.174. The Bertz CT molecular complexity index is 143. The molecule has 1 unspecified atom stereocenters. The van der Waals surface area contributed by atoms with Gasteiger partial charge in [0.1, 0.15) is 6.04 Å². The topological polar surface area (TPSA) is 52.3 Å². The first-order chi connectivity index (χ1) is 4.95. The van der Waals surface area contributed by atoms with E-state index in [0.29, 0.717) is 0 Å². The second kappa shape index (κ2) is 3.72. The Morgan fingerprint density at radius 2 is 2.09 bits per heavy atom. The largest absolute Gasteiger partial charge is 0.468 e. The molecule has 0 spiro atoms. The fraction of sp³-hybridized carbons (Fsp3) is 0.875. The van der Waals surface area contributed by atoms with Gasteiger partial charge in [-0.15, -0.1) is 0 Å². The second-order valence-corrected chi connectivity index (χ2v) is 3.34. The van der Waals surface area contributed by atoms with Gasteiger partial charge < -0.3 is 10.5 Å². The van der Waals surface area contributed by atoms with E-state index >= 15 is 0 Å². The molecule has 0 aromatic rings. The molecule has 0 fully saturated rings. The third-order valence-electron chi connectivity index (χ3n) is 2.21. The number of carbonyl (C=O) groups is 1. The number of hydrogen-bond donors (Lipinski definition) is 1. The molecule has 66 valence electrons. The Morgan fingerprint density at radius 1 is 1.64 bits per heavy atom. The fourth-order valence-electron chi connectivity index (χ4n) is 0.666. The molecule has 0 saturated carbocycles. The van der Waals surface area contributed by atoms with Gasteiger partial charge in [0, 0.05) is 0 Å². The SMILES string of the molecule is CCC(C)(C)C(N)C(=O)OC. The van der Waals surface area contributed by atoms with Crippen LogP contribution < -0.4 is 5.73 Å². The Hall–Kier alpha value is -0.570. The van der Waals surface area contributed by atoms with E-state index in [1.807, 2.05) is 20.8 Å². The zero-order valence-electron chi connectivity index (χ0n) is 7.68. The van der Waals surface area contributed by atoms with Crippen LogP contribution in [-0.2, 0) is 9.53 Å². The van der Waals surface area contributed by atoms with Crippen LogP contribution >= 0.6 is 0 Å². The van der Waals surface area contributed by atoms with Gasteiger partial charge in [0.25, 0.3) is 0 Å². The quantitative estimate of drug-likeness (QED) is 0.623. The van der Waals surface area contributed by atoms with Crippen molar-refractivity contribution in [3.8, 4) is 0 Å². The van der Waals surface area contributed by atoms with Gasteiger partial charge in [0.15, 0.2) is 0 Å². The highest BCUT2D eigenvalue weighted by molar-refractivity contribution is 5.76. The van der Waals surface area contributed by atoms with Crippen molar-refractivity contribution in [1.82, 2.24) is 0 Å². The van der Waals surface area contributed by atoms with Crippen molar-refractivity contribution < 1.29 is 9.53 Å². The molecule has 11 heavy (non-hydrogen) atoms. The molecule has 0 aromatic carbocycles. The number of rotatable bonds is 3. The summed E-state index contributed by atoms with van der Waals surface area (Å²) in [5, 5.41) is 0. The van der Waals surface area contributed by atoms with Crippen LogP contribution in [0, 0.1) is 5.41 Å². The zero-order valence-corrected chi connectivity index (χ0v) is 7.68. The van der Waals surface area contributed by atoms with Crippen LogP contribution in [0.4, 0.5) is 0 Å². The molecule has 0 bridgehead atoms. The van der Waals surface area contributed by atoms with Crippen LogP contribution in [0.1, 0.15) is 27.2 Å². The molecular formula is C8H17NO2. The molecule has 0 rings (SSSR count). The molecule has 2 N–H and O–H groups in total. The molecule has 1 atom stereocenters. The first kappa shape index (κ1) is 10.4. The van der Waals surface area contributed by atoms with Gasteiger partial charge in [-0.3, -0.25) is 4.79 Å². The average Bonchev–Trinajstić information content (AvgIpc) is 2.01. The van der Waals surface area contributed by atoms with Crippen molar-refractivity contribution in [2.24, 2.45) is 11.1 Å². The third-order valence-corrected chi connectivity index (χ3v) is 2.21. The van der Waals surface area contributed by atoms with Crippen molar-refractivity contribution in [3.63, 3.8) is 0 Å². The van der Waals surface area contributed by atoms with Crippen LogP contribution in [0.15, 0.2) is 0 Å². The maximum absolute atomic E-state index is 11.0. The lowest BCUT2D eigenvalue weighted by Gasteiger charge is -2.27. The zero-order chi connectivity index (χ0) is 9.07. The number of nitrogens with two attached hydrogens (primary N) is 1. The minimum Gasteiger partial charge on any atom is -0.468 e. The number of hydrogen-bond acceptors (Lipinski definition) is 3. The Labute approximate surface area is 67.9 Å². The molecule has 0 aliphatic rings. The van der Waals surface area contributed by atoms with Gasteiger partial charge in [0.2, 0.25) is 0 Å². The Kier molecular flexibility index (Phi) is 3.52.